The first-order chi connectivity index (χ1) is 22.5. The molecular weight excluding hydrogens is 598 g/mol. The van der Waals surface area contributed by atoms with Gasteiger partial charge in [0.05, 0.1) is 36.0 Å². The highest BCUT2D eigenvalue weighted by atomic mass is 16.5. The molecule has 1 aliphatic heterocycles. The summed E-state index contributed by atoms with van der Waals surface area (Å²) in [6.45, 7) is 7.67. The molecule has 10 heteroatoms. The Bertz CT molecular complexity index is 1480. The van der Waals surface area contributed by atoms with E-state index in [1.807, 2.05) is 39.1 Å². The van der Waals surface area contributed by atoms with Gasteiger partial charge in [-0.15, -0.1) is 0 Å². The quantitative estimate of drug-likeness (QED) is 0.276. The van der Waals surface area contributed by atoms with Gasteiger partial charge in [0.1, 0.15) is 5.75 Å². The first-order valence-electron chi connectivity index (χ1n) is 16.3. The number of carboxylic acids is 1. The van der Waals surface area contributed by atoms with E-state index in [9.17, 15) is 24.6 Å². The molecule has 3 N–H and O–H groups in total. The molecule has 0 fully saturated rings. The summed E-state index contributed by atoms with van der Waals surface area (Å²) in [6.07, 6.45) is 2.13. The second-order valence-corrected chi connectivity index (χ2v) is 12.5. The fourth-order valence-electron chi connectivity index (χ4n) is 5.69. The lowest BCUT2D eigenvalue weighted by Crippen LogP contribution is -2.47. The zero-order valence-corrected chi connectivity index (χ0v) is 27.7. The zero-order chi connectivity index (χ0) is 33.9. The van der Waals surface area contributed by atoms with Gasteiger partial charge in [0.2, 0.25) is 0 Å². The van der Waals surface area contributed by atoms with Crippen LogP contribution in [0.3, 0.4) is 0 Å². The molecule has 0 unspecified atom stereocenters. The average Bonchev–Trinajstić information content (AvgIpc) is 3.06. The van der Waals surface area contributed by atoms with Gasteiger partial charge in [-0.1, -0.05) is 37.3 Å². The molecule has 1 aliphatic rings. The van der Waals surface area contributed by atoms with Crippen LogP contribution in [0.5, 0.6) is 5.75 Å². The summed E-state index contributed by atoms with van der Waals surface area (Å²) >= 11 is 0. The first kappa shape index (κ1) is 35.6. The largest absolute Gasteiger partial charge is 0.490 e. The fourth-order valence-corrected chi connectivity index (χ4v) is 5.69. The van der Waals surface area contributed by atoms with E-state index in [1.54, 1.807) is 66.4 Å². The Morgan fingerprint density at radius 2 is 1.74 bits per heavy atom. The third kappa shape index (κ3) is 10.1. The molecule has 0 spiro atoms. The number of benzene rings is 3. The van der Waals surface area contributed by atoms with E-state index < -0.39 is 12.0 Å². The maximum atomic E-state index is 14.3. The maximum Gasteiger partial charge on any atom is 0.335 e. The second kappa shape index (κ2) is 17.1. The van der Waals surface area contributed by atoms with Crippen molar-refractivity contribution in [2.45, 2.75) is 64.8 Å². The molecule has 0 bridgehead atoms. The SMILES string of the molecule is C[C@H](CO)N1C[C@H](C)[C@H](CN(C)Cc2ccc(C(=O)O)cc2)OCCCC[C@H](C)Oc2ccc(NC(=O)c3ccccc3)cc2C1=O. The molecule has 3 aromatic carbocycles. The highest BCUT2D eigenvalue weighted by Gasteiger charge is 2.30. The van der Waals surface area contributed by atoms with Crippen molar-refractivity contribution in [1.29, 1.82) is 0 Å². The standard InChI is InChI=1S/C37H47N3O7/c1-25-21-40(26(2)24-41)36(43)32-20-31(38-35(42)29-11-6-5-7-12-29)17-18-33(32)47-27(3)10-8-9-19-46-34(25)23-39(4)22-28-13-15-30(16-14-28)37(44)45/h5-7,11-18,20,25-27,34,41H,8-10,19,21-24H2,1-4H3,(H,38,42)(H,44,45)/t25-,26+,27-,34-/m0/s1. The Morgan fingerprint density at radius 3 is 2.43 bits per heavy atom. The molecule has 0 aliphatic carbocycles. The van der Waals surface area contributed by atoms with Gasteiger partial charge in [-0.05, 0) is 88.2 Å². The molecule has 0 aromatic heterocycles. The van der Waals surface area contributed by atoms with Crippen molar-refractivity contribution in [2.24, 2.45) is 5.92 Å². The molecule has 252 valence electrons. The van der Waals surface area contributed by atoms with Crippen LogP contribution in [-0.2, 0) is 11.3 Å². The molecule has 2 amide bonds. The summed E-state index contributed by atoms with van der Waals surface area (Å²) in [5, 5.41) is 22.4. The van der Waals surface area contributed by atoms with Crippen molar-refractivity contribution < 1.29 is 34.1 Å². The van der Waals surface area contributed by atoms with Crippen molar-refractivity contribution in [1.82, 2.24) is 9.80 Å². The number of rotatable bonds is 9. The third-order valence-corrected chi connectivity index (χ3v) is 8.49. The molecule has 1 heterocycles. The number of hydrogen-bond acceptors (Lipinski definition) is 7. The Labute approximate surface area is 277 Å². The minimum absolute atomic E-state index is 0.100. The summed E-state index contributed by atoms with van der Waals surface area (Å²) < 4.78 is 12.7. The first-order valence-corrected chi connectivity index (χ1v) is 16.3. The number of ether oxygens (including phenoxy) is 2. The van der Waals surface area contributed by atoms with Crippen LogP contribution in [0.15, 0.2) is 72.8 Å². The fraction of sp³-hybridized carbons (Fsp3) is 0.432. The van der Waals surface area contributed by atoms with Crippen molar-refractivity contribution in [3.8, 4) is 5.75 Å². The lowest BCUT2D eigenvalue weighted by molar-refractivity contribution is -0.0177. The molecule has 0 saturated carbocycles. The summed E-state index contributed by atoms with van der Waals surface area (Å²) in [4.78, 5) is 42.3. The van der Waals surface area contributed by atoms with Gasteiger partial charge in [-0.2, -0.15) is 0 Å². The Balaban J connectivity index is 1.59. The van der Waals surface area contributed by atoms with Gasteiger partial charge < -0.3 is 29.9 Å². The summed E-state index contributed by atoms with van der Waals surface area (Å²) in [5.41, 5.74) is 2.51. The van der Waals surface area contributed by atoms with Crippen LogP contribution in [0.4, 0.5) is 5.69 Å². The molecule has 3 aromatic rings. The van der Waals surface area contributed by atoms with Gasteiger partial charge in [0.25, 0.3) is 11.8 Å². The van der Waals surface area contributed by atoms with Crippen LogP contribution in [0, 0.1) is 5.92 Å². The monoisotopic (exact) mass is 645 g/mol. The topological polar surface area (TPSA) is 129 Å². The zero-order valence-electron chi connectivity index (χ0n) is 27.7. The Hall–Kier alpha value is -4.25. The number of carbonyl (C=O) groups excluding carboxylic acids is 2. The number of carbonyl (C=O) groups is 3. The summed E-state index contributed by atoms with van der Waals surface area (Å²) in [7, 11) is 1.99. The van der Waals surface area contributed by atoms with E-state index in [0.717, 1.165) is 24.8 Å². The highest BCUT2D eigenvalue weighted by Crippen LogP contribution is 2.29. The normalized spacial score (nSPS) is 20.1. The Kier molecular flexibility index (Phi) is 12.9. The van der Waals surface area contributed by atoms with Crippen LogP contribution in [0.2, 0.25) is 0 Å². The number of carboxylic acid groups (broad SMARTS) is 1. The van der Waals surface area contributed by atoms with E-state index in [1.165, 1.54) is 0 Å². The number of anilines is 1. The van der Waals surface area contributed by atoms with E-state index in [0.29, 0.717) is 48.8 Å². The maximum absolute atomic E-state index is 14.3. The second-order valence-electron chi connectivity index (χ2n) is 12.5. The number of hydrogen-bond donors (Lipinski definition) is 3. The smallest absolute Gasteiger partial charge is 0.335 e. The van der Waals surface area contributed by atoms with E-state index in [2.05, 4.69) is 10.2 Å². The summed E-state index contributed by atoms with van der Waals surface area (Å²) in [6, 6.07) is 20.3. The predicted molar refractivity (Wildman–Crippen MR) is 181 cm³/mol. The average molecular weight is 646 g/mol. The van der Waals surface area contributed by atoms with Gasteiger partial charge in [0.15, 0.2) is 0 Å². The number of amides is 2. The minimum atomic E-state index is -0.959. The van der Waals surface area contributed by atoms with Crippen LogP contribution >= 0.6 is 0 Å². The molecule has 4 atom stereocenters. The number of aromatic carboxylic acids is 1. The number of aliphatic hydroxyl groups excluding tert-OH is 1. The van der Waals surface area contributed by atoms with Crippen molar-refractivity contribution in [3.63, 3.8) is 0 Å². The predicted octanol–water partition coefficient (Wildman–Crippen LogP) is 5.56. The van der Waals surface area contributed by atoms with E-state index >= 15 is 0 Å². The van der Waals surface area contributed by atoms with Gasteiger partial charge in [0, 0.05) is 43.4 Å². The van der Waals surface area contributed by atoms with Crippen LogP contribution in [0.1, 0.15) is 76.7 Å². The molecule has 10 nitrogen and oxygen atoms in total. The number of likely N-dealkylation sites (N-methyl/N-ethyl adjacent to an activating group) is 1. The number of nitrogens with one attached hydrogen (secondary N) is 1. The number of fused-ring (bicyclic) bond motifs is 1. The van der Waals surface area contributed by atoms with Crippen molar-refractivity contribution in [3.05, 3.63) is 95.1 Å². The van der Waals surface area contributed by atoms with Crippen molar-refractivity contribution in [2.75, 3.05) is 38.7 Å². The van der Waals surface area contributed by atoms with Crippen LogP contribution in [0.25, 0.3) is 0 Å². The molecule has 0 radical (unpaired) electrons. The van der Waals surface area contributed by atoms with Crippen LogP contribution < -0.4 is 10.1 Å². The molecule has 4 rings (SSSR count). The molecule has 47 heavy (non-hydrogen) atoms. The van der Waals surface area contributed by atoms with E-state index in [4.69, 9.17) is 9.47 Å². The third-order valence-electron chi connectivity index (χ3n) is 8.49. The summed E-state index contributed by atoms with van der Waals surface area (Å²) in [5.74, 6) is -1.22. The van der Waals surface area contributed by atoms with Crippen molar-refractivity contribution >= 4 is 23.5 Å². The Morgan fingerprint density at radius 1 is 1.02 bits per heavy atom. The number of nitrogens with zero attached hydrogens (tertiary/aromatic N) is 2. The molecule has 0 saturated heterocycles. The lowest BCUT2D eigenvalue weighted by Gasteiger charge is -2.36. The van der Waals surface area contributed by atoms with Gasteiger partial charge >= 0.3 is 5.97 Å². The number of aliphatic hydroxyl groups is 1. The minimum Gasteiger partial charge on any atom is -0.490 e. The lowest BCUT2D eigenvalue weighted by atomic mass is 10.0. The van der Waals surface area contributed by atoms with Crippen LogP contribution in [-0.4, -0.2) is 89.4 Å². The van der Waals surface area contributed by atoms with Gasteiger partial charge in [-0.3, -0.25) is 14.5 Å². The molecular formula is C37H47N3O7. The van der Waals surface area contributed by atoms with Gasteiger partial charge in [-0.25, -0.2) is 4.79 Å². The highest BCUT2D eigenvalue weighted by molar-refractivity contribution is 6.05. The van der Waals surface area contributed by atoms with E-state index in [-0.39, 0.29) is 42.1 Å².